The molecule has 2 aromatic carbocycles. The number of rotatable bonds is 7. The first kappa shape index (κ1) is 21.6. The summed E-state index contributed by atoms with van der Waals surface area (Å²) in [6.07, 6.45) is 0. The van der Waals surface area contributed by atoms with Gasteiger partial charge in [0.15, 0.2) is 17.3 Å². The first-order valence-electron chi connectivity index (χ1n) is 10.7. The lowest BCUT2D eigenvalue weighted by molar-refractivity contribution is 0.0992. The smallest absolute Gasteiger partial charge is 0.291 e. The predicted molar refractivity (Wildman–Crippen MR) is 121 cm³/mol. The van der Waals surface area contributed by atoms with E-state index >= 15 is 0 Å². The monoisotopic (exact) mass is 463 g/mol. The van der Waals surface area contributed by atoms with Gasteiger partial charge in [0.1, 0.15) is 23.9 Å². The fourth-order valence-electron chi connectivity index (χ4n) is 3.69. The number of halogens is 1. The van der Waals surface area contributed by atoms with Crippen molar-refractivity contribution in [3.05, 3.63) is 88.9 Å². The number of aryl methyl sites for hydroxylation is 1. The van der Waals surface area contributed by atoms with E-state index in [1.807, 2.05) is 6.92 Å². The molecule has 34 heavy (non-hydrogen) atoms. The zero-order valence-electron chi connectivity index (χ0n) is 18.6. The second kappa shape index (κ2) is 8.93. The van der Waals surface area contributed by atoms with Gasteiger partial charge in [-0.1, -0.05) is 18.2 Å². The molecule has 0 radical (unpaired) electrons. The van der Waals surface area contributed by atoms with E-state index in [4.69, 9.17) is 18.6 Å². The highest BCUT2D eigenvalue weighted by molar-refractivity contribution is 6.02. The van der Waals surface area contributed by atoms with Crippen molar-refractivity contribution in [1.82, 2.24) is 9.78 Å². The number of hydrogen-bond donors (Lipinski definition) is 1. The quantitative estimate of drug-likeness (QED) is 0.422. The summed E-state index contributed by atoms with van der Waals surface area (Å²) in [7, 11) is 0. The van der Waals surface area contributed by atoms with Crippen molar-refractivity contribution in [2.24, 2.45) is 0 Å². The first-order chi connectivity index (χ1) is 16.5. The lowest BCUT2D eigenvalue weighted by Gasteiger charge is -2.07. The Labute approximate surface area is 194 Å². The second-order valence-electron chi connectivity index (χ2n) is 7.82. The van der Waals surface area contributed by atoms with E-state index in [0.29, 0.717) is 45.6 Å². The Morgan fingerprint density at radius 2 is 1.94 bits per heavy atom. The molecule has 174 valence electrons. The maximum Gasteiger partial charge on any atom is 0.291 e. The molecule has 9 heteroatoms. The summed E-state index contributed by atoms with van der Waals surface area (Å²) >= 11 is 0. The van der Waals surface area contributed by atoms with Crippen LogP contribution in [0, 0.1) is 19.7 Å². The van der Waals surface area contributed by atoms with Gasteiger partial charge in [-0.2, -0.15) is 5.10 Å². The van der Waals surface area contributed by atoms with Gasteiger partial charge in [0.25, 0.3) is 5.91 Å². The number of fused-ring (bicyclic) bond motifs is 1. The maximum atomic E-state index is 14.0. The molecule has 3 heterocycles. The van der Waals surface area contributed by atoms with Crippen LogP contribution in [0.25, 0.3) is 0 Å². The first-order valence-corrected chi connectivity index (χ1v) is 10.7. The van der Waals surface area contributed by atoms with Crippen LogP contribution in [0.1, 0.15) is 33.3 Å². The van der Waals surface area contributed by atoms with Gasteiger partial charge >= 0.3 is 0 Å². The second-order valence-corrected chi connectivity index (χ2v) is 7.82. The standard InChI is InChI=1S/C25H22FN3O5/c1-15-24(16(2)29(28-15)12-17-5-3-4-6-20(17)26)27-25(30)22-10-8-19(34-22)13-31-18-7-9-21-23(11-18)33-14-32-21/h3-11H,12-14H2,1-2H3,(H,27,30). The fourth-order valence-corrected chi connectivity index (χ4v) is 3.69. The van der Waals surface area contributed by atoms with Gasteiger partial charge in [0.05, 0.1) is 23.6 Å². The van der Waals surface area contributed by atoms with Crippen molar-refractivity contribution in [1.29, 1.82) is 0 Å². The van der Waals surface area contributed by atoms with Crippen LogP contribution >= 0.6 is 0 Å². The van der Waals surface area contributed by atoms with Crippen LogP contribution in [0.2, 0.25) is 0 Å². The summed E-state index contributed by atoms with van der Waals surface area (Å²) in [6, 6.07) is 15.1. The number of carbonyl (C=O) groups is 1. The van der Waals surface area contributed by atoms with Gasteiger partial charge in [-0.05, 0) is 44.2 Å². The number of hydrogen-bond acceptors (Lipinski definition) is 6. The number of amides is 1. The minimum atomic E-state index is -0.411. The van der Waals surface area contributed by atoms with E-state index in [9.17, 15) is 9.18 Å². The van der Waals surface area contributed by atoms with Crippen LogP contribution in [0.3, 0.4) is 0 Å². The Hall–Kier alpha value is -4.27. The van der Waals surface area contributed by atoms with Gasteiger partial charge < -0.3 is 23.9 Å². The third-order valence-corrected chi connectivity index (χ3v) is 5.51. The van der Waals surface area contributed by atoms with Crippen LogP contribution in [0.15, 0.2) is 59.0 Å². The van der Waals surface area contributed by atoms with E-state index in [1.165, 1.54) is 6.07 Å². The molecule has 1 aliphatic heterocycles. The number of nitrogens with one attached hydrogen (secondary N) is 1. The number of nitrogens with zero attached hydrogens (tertiary/aromatic N) is 2. The third kappa shape index (κ3) is 4.32. The Balaban J connectivity index is 1.24. The molecular weight excluding hydrogens is 441 g/mol. The van der Waals surface area contributed by atoms with Crippen molar-refractivity contribution >= 4 is 11.6 Å². The lowest BCUT2D eigenvalue weighted by Crippen LogP contribution is -2.12. The summed E-state index contributed by atoms with van der Waals surface area (Å²) in [4.78, 5) is 12.8. The molecule has 8 nitrogen and oxygen atoms in total. The molecular formula is C25H22FN3O5. The zero-order chi connectivity index (χ0) is 23.7. The molecule has 5 rings (SSSR count). The average Bonchev–Trinajstić information content (AvgIpc) is 3.55. The summed E-state index contributed by atoms with van der Waals surface area (Å²) < 4.78 is 37.7. The highest BCUT2D eigenvalue weighted by atomic mass is 19.1. The minimum Gasteiger partial charge on any atom is -0.486 e. The van der Waals surface area contributed by atoms with Gasteiger partial charge in [0, 0.05) is 11.6 Å². The van der Waals surface area contributed by atoms with Crippen molar-refractivity contribution in [3.63, 3.8) is 0 Å². The predicted octanol–water partition coefficient (Wildman–Crippen LogP) is 4.84. The molecule has 1 N–H and O–H groups in total. The molecule has 0 aliphatic carbocycles. The number of anilines is 1. The van der Waals surface area contributed by atoms with Gasteiger partial charge in [-0.25, -0.2) is 4.39 Å². The van der Waals surface area contributed by atoms with E-state index in [0.717, 1.165) is 0 Å². The Morgan fingerprint density at radius 1 is 1.12 bits per heavy atom. The van der Waals surface area contributed by atoms with E-state index in [1.54, 1.807) is 60.1 Å². The van der Waals surface area contributed by atoms with E-state index in [2.05, 4.69) is 10.4 Å². The summed E-state index contributed by atoms with van der Waals surface area (Å²) in [5.74, 6) is 1.82. The van der Waals surface area contributed by atoms with Crippen LogP contribution in [-0.2, 0) is 13.2 Å². The average molecular weight is 463 g/mol. The third-order valence-electron chi connectivity index (χ3n) is 5.51. The SMILES string of the molecule is Cc1nn(Cc2ccccc2F)c(C)c1NC(=O)c1ccc(COc2ccc3c(c2)OCO3)o1. The normalized spacial score (nSPS) is 12.1. The topological polar surface area (TPSA) is 87.8 Å². The zero-order valence-corrected chi connectivity index (χ0v) is 18.6. The molecule has 1 aliphatic rings. The van der Waals surface area contributed by atoms with E-state index in [-0.39, 0.29) is 31.5 Å². The number of benzene rings is 2. The van der Waals surface area contributed by atoms with Crippen molar-refractivity contribution in [2.75, 3.05) is 12.1 Å². The number of ether oxygens (including phenoxy) is 3. The number of aromatic nitrogens is 2. The van der Waals surface area contributed by atoms with Gasteiger partial charge in [-0.3, -0.25) is 9.48 Å². The molecule has 2 aromatic heterocycles. The summed E-state index contributed by atoms with van der Waals surface area (Å²) in [5, 5.41) is 7.30. The maximum absolute atomic E-state index is 14.0. The fraction of sp³-hybridized carbons (Fsp3) is 0.200. The van der Waals surface area contributed by atoms with Crippen molar-refractivity contribution in [2.45, 2.75) is 27.0 Å². The number of furan rings is 1. The van der Waals surface area contributed by atoms with Crippen LogP contribution in [0.5, 0.6) is 17.2 Å². The van der Waals surface area contributed by atoms with Crippen molar-refractivity contribution in [3.8, 4) is 17.2 Å². The molecule has 0 bridgehead atoms. The molecule has 0 spiro atoms. The van der Waals surface area contributed by atoms with Crippen LogP contribution in [-0.4, -0.2) is 22.5 Å². The van der Waals surface area contributed by atoms with Crippen molar-refractivity contribution < 1.29 is 27.8 Å². The highest BCUT2D eigenvalue weighted by Gasteiger charge is 2.19. The summed E-state index contributed by atoms with van der Waals surface area (Å²) in [6.45, 7) is 4.20. The lowest BCUT2D eigenvalue weighted by atomic mass is 10.2. The molecule has 0 saturated heterocycles. The Morgan fingerprint density at radius 3 is 2.79 bits per heavy atom. The molecule has 0 fully saturated rings. The molecule has 0 atom stereocenters. The van der Waals surface area contributed by atoms with Crippen LogP contribution in [0.4, 0.5) is 10.1 Å². The molecule has 1 amide bonds. The van der Waals surface area contributed by atoms with Gasteiger partial charge in [0.2, 0.25) is 6.79 Å². The Bertz CT molecular complexity index is 1360. The largest absolute Gasteiger partial charge is 0.486 e. The van der Waals surface area contributed by atoms with E-state index < -0.39 is 5.91 Å². The highest BCUT2D eigenvalue weighted by Crippen LogP contribution is 2.35. The molecule has 0 saturated carbocycles. The van der Waals surface area contributed by atoms with Gasteiger partial charge in [-0.15, -0.1) is 0 Å². The number of carbonyl (C=O) groups excluding carboxylic acids is 1. The molecule has 4 aromatic rings. The Kier molecular flexibility index (Phi) is 5.67. The van der Waals surface area contributed by atoms with Crippen LogP contribution < -0.4 is 19.5 Å². The summed E-state index contributed by atoms with van der Waals surface area (Å²) in [5.41, 5.74) is 2.42. The molecule has 0 unspecified atom stereocenters. The minimum absolute atomic E-state index is 0.143.